The van der Waals surface area contributed by atoms with Gasteiger partial charge in [-0.1, -0.05) is 12.1 Å². The Kier molecular flexibility index (Phi) is 4.68. The van der Waals surface area contributed by atoms with Crippen molar-refractivity contribution >= 4 is 17.8 Å². The standard InChI is InChI=1S/C19H19N3O6/c1-9-12(18(26)28-4)13(10-5-7-11(8-6-10)17(24)25)14-15(20-9)21(2)19(27)22(3)16(14)23/h5-8,13,20H,1-4H3,(H,24,25). The first kappa shape index (κ1) is 19.2. The van der Waals surface area contributed by atoms with Crippen LogP contribution >= 0.6 is 0 Å². The average Bonchev–Trinajstić information content (AvgIpc) is 2.69. The number of aromatic carboxylic acids is 1. The van der Waals surface area contributed by atoms with E-state index in [1.807, 2.05) is 0 Å². The van der Waals surface area contributed by atoms with Crippen LogP contribution in [0.3, 0.4) is 0 Å². The molecule has 1 aromatic carbocycles. The van der Waals surface area contributed by atoms with Crippen molar-refractivity contribution in [3.05, 3.63) is 73.1 Å². The Balaban J connectivity index is 2.37. The van der Waals surface area contributed by atoms with Crippen LogP contribution in [0.1, 0.15) is 34.3 Å². The minimum Gasteiger partial charge on any atom is -0.478 e. The topological polar surface area (TPSA) is 120 Å². The number of carbonyl (C=O) groups is 2. The van der Waals surface area contributed by atoms with Crippen LogP contribution in [0.4, 0.5) is 5.82 Å². The predicted octanol–water partition coefficient (Wildman–Crippen LogP) is 0.787. The van der Waals surface area contributed by atoms with Gasteiger partial charge in [0.15, 0.2) is 0 Å². The fourth-order valence-corrected chi connectivity index (χ4v) is 3.42. The van der Waals surface area contributed by atoms with Gasteiger partial charge in [-0.25, -0.2) is 14.4 Å². The number of nitrogens with one attached hydrogen (secondary N) is 1. The Morgan fingerprint density at radius 2 is 1.71 bits per heavy atom. The smallest absolute Gasteiger partial charge is 0.336 e. The summed E-state index contributed by atoms with van der Waals surface area (Å²) in [5.41, 5.74) is 0.412. The number of carbonyl (C=O) groups excluding carboxylic acids is 1. The number of rotatable bonds is 3. The van der Waals surface area contributed by atoms with Crippen LogP contribution < -0.4 is 16.6 Å². The summed E-state index contributed by atoms with van der Waals surface area (Å²) in [7, 11) is 4.12. The Morgan fingerprint density at radius 1 is 1.11 bits per heavy atom. The number of methoxy groups -OCH3 is 1. The molecule has 3 rings (SSSR count). The number of benzene rings is 1. The molecule has 1 aromatic heterocycles. The lowest BCUT2D eigenvalue weighted by Crippen LogP contribution is -2.43. The number of hydrogen-bond acceptors (Lipinski definition) is 6. The molecule has 2 N–H and O–H groups in total. The first-order valence-corrected chi connectivity index (χ1v) is 8.38. The summed E-state index contributed by atoms with van der Waals surface area (Å²) in [6, 6.07) is 5.89. The van der Waals surface area contributed by atoms with Crippen LogP contribution in [0.5, 0.6) is 0 Å². The molecule has 1 unspecified atom stereocenters. The van der Waals surface area contributed by atoms with E-state index in [4.69, 9.17) is 9.84 Å². The maximum Gasteiger partial charge on any atom is 0.336 e. The highest BCUT2D eigenvalue weighted by atomic mass is 16.5. The molecule has 0 fully saturated rings. The number of anilines is 1. The lowest BCUT2D eigenvalue weighted by Gasteiger charge is -2.30. The molecule has 146 valence electrons. The van der Waals surface area contributed by atoms with Gasteiger partial charge < -0.3 is 15.2 Å². The largest absolute Gasteiger partial charge is 0.478 e. The molecular weight excluding hydrogens is 366 g/mol. The van der Waals surface area contributed by atoms with Crippen LogP contribution in [-0.2, 0) is 23.6 Å². The Bertz CT molecular complexity index is 1140. The third-order valence-corrected chi connectivity index (χ3v) is 4.88. The van der Waals surface area contributed by atoms with Crippen molar-refractivity contribution < 1.29 is 19.4 Å². The molecule has 0 spiro atoms. The van der Waals surface area contributed by atoms with E-state index in [1.54, 1.807) is 19.1 Å². The van der Waals surface area contributed by atoms with Crippen molar-refractivity contribution in [2.75, 3.05) is 12.4 Å². The quantitative estimate of drug-likeness (QED) is 0.750. The van der Waals surface area contributed by atoms with Crippen molar-refractivity contribution in [1.82, 2.24) is 9.13 Å². The van der Waals surface area contributed by atoms with Gasteiger partial charge in [0.2, 0.25) is 0 Å². The second-order valence-electron chi connectivity index (χ2n) is 6.48. The van der Waals surface area contributed by atoms with Crippen molar-refractivity contribution in [1.29, 1.82) is 0 Å². The highest BCUT2D eigenvalue weighted by Crippen LogP contribution is 2.39. The molecule has 1 aliphatic heterocycles. The molecule has 9 heteroatoms. The van der Waals surface area contributed by atoms with Gasteiger partial charge in [-0.3, -0.25) is 13.9 Å². The molecule has 0 bridgehead atoms. The van der Waals surface area contributed by atoms with E-state index in [1.165, 1.54) is 37.9 Å². The van der Waals surface area contributed by atoms with Crippen LogP contribution in [0.25, 0.3) is 0 Å². The van der Waals surface area contributed by atoms with Gasteiger partial charge in [0, 0.05) is 19.8 Å². The number of carboxylic acid groups (broad SMARTS) is 1. The molecule has 2 aromatic rings. The molecule has 28 heavy (non-hydrogen) atoms. The van der Waals surface area contributed by atoms with Crippen molar-refractivity contribution in [2.45, 2.75) is 12.8 Å². The Labute approximate surface area is 159 Å². The molecule has 0 saturated carbocycles. The number of fused-ring (bicyclic) bond motifs is 1. The van der Waals surface area contributed by atoms with Gasteiger partial charge in [0.05, 0.1) is 29.7 Å². The SMILES string of the molecule is COC(=O)C1=C(C)Nc2c(c(=O)n(C)c(=O)n2C)C1c1ccc(C(=O)O)cc1. The van der Waals surface area contributed by atoms with E-state index < -0.39 is 29.1 Å². The molecule has 2 heterocycles. The monoisotopic (exact) mass is 385 g/mol. The van der Waals surface area contributed by atoms with Gasteiger partial charge in [0.1, 0.15) is 5.82 Å². The summed E-state index contributed by atoms with van der Waals surface area (Å²) in [6.07, 6.45) is 0. The number of hydrogen-bond donors (Lipinski definition) is 2. The van der Waals surface area contributed by atoms with Crippen molar-refractivity contribution in [3.8, 4) is 0 Å². The van der Waals surface area contributed by atoms with Gasteiger partial charge >= 0.3 is 17.6 Å². The highest BCUT2D eigenvalue weighted by molar-refractivity contribution is 5.94. The maximum atomic E-state index is 12.9. The van der Waals surface area contributed by atoms with Crippen molar-refractivity contribution in [2.24, 2.45) is 14.1 Å². The number of nitrogens with zero attached hydrogens (tertiary/aromatic N) is 2. The highest BCUT2D eigenvalue weighted by Gasteiger charge is 2.37. The van der Waals surface area contributed by atoms with E-state index in [2.05, 4.69) is 5.32 Å². The van der Waals surface area contributed by atoms with Crippen LogP contribution in [0, 0.1) is 0 Å². The van der Waals surface area contributed by atoms with E-state index in [-0.39, 0.29) is 22.5 Å². The zero-order valence-corrected chi connectivity index (χ0v) is 15.8. The normalized spacial score (nSPS) is 15.6. The van der Waals surface area contributed by atoms with Crippen LogP contribution in [-0.4, -0.2) is 33.3 Å². The van der Waals surface area contributed by atoms with E-state index in [0.717, 1.165) is 4.57 Å². The molecule has 0 radical (unpaired) electrons. The third kappa shape index (κ3) is 2.81. The summed E-state index contributed by atoms with van der Waals surface area (Å²) in [6.45, 7) is 1.65. The minimum absolute atomic E-state index is 0.0755. The predicted molar refractivity (Wildman–Crippen MR) is 101 cm³/mol. The number of carboxylic acids is 1. The fourth-order valence-electron chi connectivity index (χ4n) is 3.42. The number of ether oxygens (including phenoxy) is 1. The minimum atomic E-state index is -1.09. The number of esters is 1. The van der Waals surface area contributed by atoms with E-state index >= 15 is 0 Å². The molecule has 1 aliphatic rings. The first-order chi connectivity index (χ1) is 13.2. The third-order valence-electron chi connectivity index (χ3n) is 4.88. The number of aromatic nitrogens is 2. The lowest BCUT2D eigenvalue weighted by atomic mass is 9.82. The summed E-state index contributed by atoms with van der Waals surface area (Å²) in [5, 5.41) is 12.1. The molecule has 0 amide bonds. The second kappa shape index (κ2) is 6.84. The fraction of sp³-hybridized carbons (Fsp3) is 0.263. The van der Waals surface area contributed by atoms with Gasteiger partial charge in [-0.15, -0.1) is 0 Å². The Morgan fingerprint density at radius 3 is 2.25 bits per heavy atom. The molecular formula is C19H19N3O6. The van der Waals surface area contributed by atoms with E-state index in [0.29, 0.717) is 11.3 Å². The van der Waals surface area contributed by atoms with E-state index in [9.17, 15) is 19.2 Å². The van der Waals surface area contributed by atoms with Crippen LogP contribution in [0.2, 0.25) is 0 Å². The summed E-state index contributed by atoms with van der Waals surface area (Å²) < 4.78 is 7.17. The Hall–Kier alpha value is -3.62. The summed E-state index contributed by atoms with van der Waals surface area (Å²) >= 11 is 0. The van der Waals surface area contributed by atoms with Crippen LogP contribution in [0.15, 0.2) is 45.1 Å². The second-order valence-corrected chi connectivity index (χ2v) is 6.48. The van der Waals surface area contributed by atoms with Gasteiger partial charge in [-0.2, -0.15) is 0 Å². The summed E-state index contributed by atoms with van der Waals surface area (Å²) in [5.74, 6) is -2.25. The first-order valence-electron chi connectivity index (χ1n) is 8.38. The molecule has 1 atom stereocenters. The van der Waals surface area contributed by atoms with Gasteiger partial charge in [0.25, 0.3) is 5.56 Å². The molecule has 0 aliphatic carbocycles. The molecule has 9 nitrogen and oxygen atoms in total. The van der Waals surface area contributed by atoms with Gasteiger partial charge in [-0.05, 0) is 24.6 Å². The zero-order chi connectivity index (χ0) is 20.7. The zero-order valence-electron chi connectivity index (χ0n) is 15.8. The number of allylic oxidation sites excluding steroid dienone is 1. The average molecular weight is 385 g/mol. The lowest BCUT2D eigenvalue weighted by molar-refractivity contribution is -0.136. The van der Waals surface area contributed by atoms with Crippen molar-refractivity contribution in [3.63, 3.8) is 0 Å². The molecule has 0 saturated heterocycles. The maximum absolute atomic E-state index is 12.9. The summed E-state index contributed by atoms with van der Waals surface area (Å²) in [4.78, 5) is 48.9.